The molecule has 8 heteroatoms. The van der Waals surface area contributed by atoms with Gasteiger partial charge in [-0.3, -0.25) is 19.3 Å². The van der Waals surface area contributed by atoms with Crippen molar-refractivity contribution >= 4 is 23.3 Å². The van der Waals surface area contributed by atoms with Gasteiger partial charge in [0.05, 0.1) is 12.0 Å². The van der Waals surface area contributed by atoms with Crippen molar-refractivity contribution in [2.75, 3.05) is 50.8 Å². The van der Waals surface area contributed by atoms with Crippen LogP contribution in [-0.2, 0) is 14.3 Å². The number of carbonyl (C=O) groups excluding carboxylic acids is 3. The zero-order valence-electron chi connectivity index (χ0n) is 23.9. The van der Waals surface area contributed by atoms with Gasteiger partial charge in [0.25, 0.3) is 0 Å². The van der Waals surface area contributed by atoms with Crippen LogP contribution in [0.5, 0.6) is 0 Å². The number of hydrogen-bond acceptors (Lipinski definition) is 6. The normalized spacial score (nSPS) is 25.1. The fourth-order valence-corrected chi connectivity index (χ4v) is 6.55. The van der Waals surface area contributed by atoms with E-state index < -0.39 is 17.9 Å². The van der Waals surface area contributed by atoms with Gasteiger partial charge < -0.3 is 20.3 Å². The summed E-state index contributed by atoms with van der Waals surface area (Å²) >= 11 is 0. The summed E-state index contributed by atoms with van der Waals surface area (Å²) in [7, 11) is 0. The number of fused-ring (bicyclic) bond motifs is 1. The number of ketones is 1. The number of benzene rings is 1. The Balaban J connectivity index is 1.69. The topological polar surface area (TPSA) is 96.2 Å². The minimum absolute atomic E-state index is 0.0229. The first-order valence-corrected chi connectivity index (χ1v) is 14.4. The van der Waals surface area contributed by atoms with E-state index in [9.17, 15) is 14.4 Å². The maximum Gasteiger partial charge on any atom is 0.249 e. The van der Waals surface area contributed by atoms with E-state index in [1.807, 2.05) is 12.1 Å². The molecule has 3 heterocycles. The highest BCUT2D eigenvalue weighted by atomic mass is 16.5. The van der Waals surface area contributed by atoms with Gasteiger partial charge in [0, 0.05) is 49.9 Å². The van der Waals surface area contributed by atoms with Crippen LogP contribution >= 0.6 is 0 Å². The number of likely N-dealkylation sites (tertiary alicyclic amines) is 1. The smallest absolute Gasteiger partial charge is 0.249 e. The van der Waals surface area contributed by atoms with Crippen molar-refractivity contribution in [2.24, 2.45) is 17.1 Å². The molecule has 38 heavy (non-hydrogen) atoms. The molecule has 4 atom stereocenters. The van der Waals surface area contributed by atoms with Crippen molar-refractivity contribution in [3.8, 4) is 0 Å². The van der Waals surface area contributed by atoms with E-state index in [1.54, 1.807) is 11.0 Å². The summed E-state index contributed by atoms with van der Waals surface area (Å²) in [5, 5.41) is 0. The number of anilines is 1. The SMILES string of the molecule is CCC[C@H]1CN(C(=O)[C@@H](CC(C)(C)C)c2cc(N3CCN(CCC)CC3)ccc2C(N)=O)[C@@H]2C(=O)CO[C@H]12. The van der Waals surface area contributed by atoms with E-state index in [-0.39, 0.29) is 35.7 Å². The van der Waals surface area contributed by atoms with Gasteiger partial charge >= 0.3 is 0 Å². The molecule has 210 valence electrons. The number of Topliss-reactive ketones (excluding diaryl/α,β-unsaturated/α-hetero) is 1. The van der Waals surface area contributed by atoms with Crippen LogP contribution in [0.4, 0.5) is 5.69 Å². The first-order valence-electron chi connectivity index (χ1n) is 14.4. The maximum absolute atomic E-state index is 14.4. The third-order valence-electron chi connectivity index (χ3n) is 8.30. The summed E-state index contributed by atoms with van der Waals surface area (Å²) in [5.74, 6) is -1.08. The molecule has 4 rings (SSSR count). The molecule has 0 aromatic heterocycles. The number of primary amides is 1. The molecule has 1 aromatic carbocycles. The summed E-state index contributed by atoms with van der Waals surface area (Å²) in [5.41, 5.74) is 7.74. The Labute approximate surface area is 227 Å². The molecule has 2 amide bonds. The Hall–Kier alpha value is -2.45. The zero-order chi connectivity index (χ0) is 27.6. The van der Waals surface area contributed by atoms with Crippen molar-refractivity contribution in [1.29, 1.82) is 0 Å². The number of amides is 2. The molecule has 2 N–H and O–H groups in total. The van der Waals surface area contributed by atoms with Gasteiger partial charge in [-0.05, 0) is 55.0 Å². The third-order valence-corrected chi connectivity index (χ3v) is 8.30. The van der Waals surface area contributed by atoms with Gasteiger partial charge in [0.1, 0.15) is 12.6 Å². The van der Waals surface area contributed by atoms with Crippen molar-refractivity contribution in [2.45, 2.75) is 78.4 Å². The zero-order valence-corrected chi connectivity index (χ0v) is 23.9. The quantitative estimate of drug-likeness (QED) is 0.530. The first-order chi connectivity index (χ1) is 18.0. The van der Waals surface area contributed by atoms with Crippen molar-refractivity contribution in [3.05, 3.63) is 29.3 Å². The van der Waals surface area contributed by atoms with Gasteiger partial charge in [-0.15, -0.1) is 0 Å². The number of rotatable bonds is 9. The van der Waals surface area contributed by atoms with E-state index in [4.69, 9.17) is 10.5 Å². The highest BCUT2D eigenvalue weighted by Gasteiger charge is 2.53. The van der Waals surface area contributed by atoms with Gasteiger partial charge in [0.2, 0.25) is 11.8 Å². The number of hydrogen-bond donors (Lipinski definition) is 1. The molecule has 0 aliphatic carbocycles. The molecule has 0 unspecified atom stereocenters. The molecular formula is C30H46N4O4. The predicted molar refractivity (Wildman–Crippen MR) is 149 cm³/mol. The number of ether oxygens (including phenoxy) is 1. The van der Waals surface area contributed by atoms with Crippen molar-refractivity contribution in [3.63, 3.8) is 0 Å². The molecule has 3 aliphatic heterocycles. The van der Waals surface area contributed by atoms with Crippen molar-refractivity contribution in [1.82, 2.24) is 9.80 Å². The standard InChI is InChI=1S/C30H46N4O4/c1-6-8-20-18-34(26-25(35)19-38-27(20)26)29(37)24(17-30(3,4)5)23-16-21(9-10-22(23)28(31)36)33-14-12-32(11-7-2)13-15-33/h9-10,16,20,24,26-27H,6-8,11-15,17-19H2,1-5H3,(H2,31,36)/t20-,24-,26+,27+/m0/s1. The molecule has 1 aromatic rings. The fraction of sp³-hybridized carbons (Fsp3) is 0.700. The highest BCUT2D eigenvalue weighted by Crippen LogP contribution is 2.41. The van der Waals surface area contributed by atoms with Gasteiger partial charge in [-0.25, -0.2) is 0 Å². The predicted octanol–water partition coefficient (Wildman–Crippen LogP) is 3.43. The van der Waals surface area contributed by atoms with Crippen LogP contribution in [0.15, 0.2) is 18.2 Å². The average Bonchev–Trinajstić information content (AvgIpc) is 3.43. The second kappa shape index (κ2) is 11.7. The highest BCUT2D eigenvalue weighted by molar-refractivity contribution is 5.99. The van der Waals surface area contributed by atoms with E-state index >= 15 is 0 Å². The summed E-state index contributed by atoms with van der Waals surface area (Å²) in [6, 6.07) is 5.21. The summed E-state index contributed by atoms with van der Waals surface area (Å²) in [4.78, 5) is 46.4. The Morgan fingerprint density at radius 1 is 1.11 bits per heavy atom. The number of piperazine rings is 1. The minimum atomic E-state index is -0.576. The van der Waals surface area contributed by atoms with E-state index in [1.165, 1.54) is 0 Å². The minimum Gasteiger partial charge on any atom is -0.369 e. The van der Waals surface area contributed by atoms with Crippen LogP contribution in [0.1, 0.15) is 82.1 Å². The molecule has 8 nitrogen and oxygen atoms in total. The first kappa shape index (κ1) is 28.6. The number of nitrogens with zero attached hydrogens (tertiary/aromatic N) is 3. The Bertz CT molecular complexity index is 1030. The van der Waals surface area contributed by atoms with Crippen LogP contribution in [0.3, 0.4) is 0 Å². The Kier molecular flexibility index (Phi) is 8.82. The third kappa shape index (κ3) is 6.07. The molecule has 0 radical (unpaired) electrons. The molecular weight excluding hydrogens is 480 g/mol. The molecule has 3 fully saturated rings. The van der Waals surface area contributed by atoms with Crippen molar-refractivity contribution < 1.29 is 19.1 Å². The Morgan fingerprint density at radius 3 is 2.42 bits per heavy atom. The lowest BCUT2D eigenvalue weighted by Crippen LogP contribution is -2.46. The van der Waals surface area contributed by atoms with Gasteiger partial charge in [-0.2, -0.15) is 0 Å². The summed E-state index contributed by atoms with van der Waals surface area (Å²) < 4.78 is 5.88. The molecule has 0 bridgehead atoms. The summed E-state index contributed by atoms with van der Waals surface area (Å²) in [6.07, 6.45) is 3.33. The Morgan fingerprint density at radius 2 is 1.82 bits per heavy atom. The maximum atomic E-state index is 14.4. The molecule has 3 saturated heterocycles. The van der Waals surface area contributed by atoms with E-state index in [2.05, 4.69) is 44.4 Å². The largest absolute Gasteiger partial charge is 0.369 e. The van der Waals surface area contributed by atoms with E-state index in [0.717, 1.165) is 57.7 Å². The van der Waals surface area contributed by atoms with Gasteiger partial charge in [-0.1, -0.05) is 41.0 Å². The second-order valence-corrected chi connectivity index (χ2v) is 12.5. The van der Waals surface area contributed by atoms with Crippen LogP contribution in [-0.4, -0.2) is 85.4 Å². The number of carbonyl (C=O) groups is 3. The molecule has 3 aliphatic rings. The van der Waals surface area contributed by atoms with E-state index in [0.29, 0.717) is 24.1 Å². The molecule has 0 saturated carbocycles. The monoisotopic (exact) mass is 526 g/mol. The van der Waals surface area contributed by atoms with Gasteiger partial charge in [0.15, 0.2) is 5.78 Å². The average molecular weight is 527 g/mol. The lowest BCUT2D eigenvalue weighted by molar-refractivity contribution is -0.138. The summed E-state index contributed by atoms with van der Waals surface area (Å²) in [6.45, 7) is 16.1. The van der Waals surface area contributed by atoms with Crippen LogP contribution < -0.4 is 10.6 Å². The van der Waals surface area contributed by atoms with Crippen LogP contribution in [0.2, 0.25) is 0 Å². The van der Waals surface area contributed by atoms with Crippen LogP contribution in [0.25, 0.3) is 0 Å². The van der Waals surface area contributed by atoms with Crippen LogP contribution in [0, 0.1) is 11.3 Å². The molecule has 0 spiro atoms. The number of nitrogens with two attached hydrogens (primary N) is 1. The fourth-order valence-electron chi connectivity index (χ4n) is 6.55. The second-order valence-electron chi connectivity index (χ2n) is 12.5. The lowest BCUT2D eigenvalue weighted by Gasteiger charge is -2.37. The lowest BCUT2D eigenvalue weighted by atomic mass is 9.79.